The van der Waals surface area contributed by atoms with Crippen molar-refractivity contribution in [2.45, 2.75) is 0 Å². The first kappa shape index (κ1) is 9.79. The molecule has 1 aromatic rings. The van der Waals surface area contributed by atoms with E-state index in [1.54, 1.807) is 24.3 Å². The summed E-state index contributed by atoms with van der Waals surface area (Å²) in [5.74, 6) is 0. The molecule has 1 aromatic carbocycles. The zero-order chi connectivity index (χ0) is 9.68. The Morgan fingerprint density at radius 2 is 2.31 bits per heavy atom. The molecule has 0 spiro atoms. The summed E-state index contributed by atoms with van der Waals surface area (Å²) in [7, 11) is 0. The molecule has 0 saturated carbocycles. The Labute approximate surface area is 82.2 Å². The summed E-state index contributed by atoms with van der Waals surface area (Å²) in [5, 5.41) is 9.26. The number of hydrogen-bond donors (Lipinski definition) is 1. The Bertz CT molecular complexity index is 364. The van der Waals surface area contributed by atoms with Gasteiger partial charge in [-0.05, 0) is 23.8 Å². The maximum atomic E-state index is 8.64. The van der Waals surface area contributed by atoms with Crippen molar-refractivity contribution in [3.8, 4) is 6.07 Å². The van der Waals surface area contributed by atoms with Gasteiger partial charge in [0, 0.05) is 11.6 Å². The molecule has 3 heteroatoms. The highest BCUT2D eigenvalue weighted by atomic mass is 35.5. The van der Waals surface area contributed by atoms with Gasteiger partial charge in [0.2, 0.25) is 0 Å². The largest absolute Gasteiger partial charge is 0.327 e. The Balaban J connectivity index is 3.06. The van der Waals surface area contributed by atoms with E-state index in [0.29, 0.717) is 17.1 Å². The summed E-state index contributed by atoms with van der Waals surface area (Å²) >= 11 is 5.89. The van der Waals surface area contributed by atoms with Crippen LogP contribution in [0.15, 0.2) is 24.3 Å². The number of rotatable bonds is 2. The molecule has 0 aliphatic rings. The number of benzene rings is 1. The number of hydrogen-bond acceptors (Lipinski definition) is 2. The number of nitrogens with two attached hydrogens (primary N) is 1. The van der Waals surface area contributed by atoms with Crippen LogP contribution >= 0.6 is 11.6 Å². The van der Waals surface area contributed by atoms with E-state index in [0.717, 1.165) is 5.56 Å². The second-order valence-corrected chi connectivity index (χ2v) is 2.89. The molecular formula is C10H9ClN2. The molecule has 0 aliphatic heterocycles. The van der Waals surface area contributed by atoms with Crippen molar-refractivity contribution < 1.29 is 0 Å². The molecule has 0 aromatic heterocycles. The number of halogens is 1. The topological polar surface area (TPSA) is 49.8 Å². The standard InChI is InChI=1S/C10H9ClN2/c11-10-4-3-8(7-13)6-9(10)2-1-5-12/h1-4,6H,5,12H2. The Hall–Kier alpha value is -1.30. The van der Waals surface area contributed by atoms with E-state index in [1.165, 1.54) is 0 Å². The average Bonchev–Trinajstić information content (AvgIpc) is 2.17. The third kappa shape index (κ3) is 2.59. The van der Waals surface area contributed by atoms with E-state index >= 15 is 0 Å². The van der Waals surface area contributed by atoms with Crippen LogP contribution in [-0.2, 0) is 0 Å². The molecule has 1 rings (SSSR count). The highest BCUT2D eigenvalue weighted by Gasteiger charge is 1.97. The van der Waals surface area contributed by atoms with E-state index < -0.39 is 0 Å². The van der Waals surface area contributed by atoms with Crippen LogP contribution in [0.2, 0.25) is 5.02 Å². The van der Waals surface area contributed by atoms with Crippen molar-refractivity contribution in [2.24, 2.45) is 5.73 Å². The van der Waals surface area contributed by atoms with Gasteiger partial charge in [-0.25, -0.2) is 0 Å². The molecule has 0 saturated heterocycles. The fourth-order valence-corrected chi connectivity index (χ4v) is 1.12. The van der Waals surface area contributed by atoms with Crippen molar-refractivity contribution in [2.75, 3.05) is 6.54 Å². The fourth-order valence-electron chi connectivity index (χ4n) is 0.936. The summed E-state index contributed by atoms with van der Waals surface area (Å²) in [4.78, 5) is 0. The first-order valence-corrected chi connectivity index (χ1v) is 4.22. The van der Waals surface area contributed by atoms with Gasteiger partial charge in [0.1, 0.15) is 0 Å². The van der Waals surface area contributed by atoms with Gasteiger partial charge < -0.3 is 5.73 Å². The third-order valence-electron chi connectivity index (χ3n) is 1.56. The van der Waals surface area contributed by atoms with Gasteiger partial charge in [0.15, 0.2) is 0 Å². The van der Waals surface area contributed by atoms with Crippen LogP contribution in [0.4, 0.5) is 0 Å². The van der Waals surface area contributed by atoms with Gasteiger partial charge in [-0.15, -0.1) is 0 Å². The summed E-state index contributed by atoms with van der Waals surface area (Å²) in [6.45, 7) is 0.465. The monoisotopic (exact) mass is 192 g/mol. The predicted molar refractivity (Wildman–Crippen MR) is 54.3 cm³/mol. The van der Waals surface area contributed by atoms with Crippen molar-refractivity contribution in [3.63, 3.8) is 0 Å². The van der Waals surface area contributed by atoms with Crippen LogP contribution in [-0.4, -0.2) is 6.54 Å². The molecule has 0 bridgehead atoms. The highest BCUT2D eigenvalue weighted by molar-refractivity contribution is 6.32. The fraction of sp³-hybridized carbons (Fsp3) is 0.100. The first-order valence-electron chi connectivity index (χ1n) is 3.84. The normalized spacial score (nSPS) is 10.2. The van der Waals surface area contributed by atoms with Crippen molar-refractivity contribution in [1.29, 1.82) is 5.26 Å². The molecule has 0 radical (unpaired) electrons. The lowest BCUT2D eigenvalue weighted by atomic mass is 10.1. The molecule has 13 heavy (non-hydrogen) atoms. The summed E-state index contributed by atoms with van der Waals surface area (Å²) in [5.41, 5.74) is 6.73. The number of nitrogens with zero attached hydrogens (tertiary/aromatic N) is 1. The molecule has 66 valence electrons. The zero-order valence-electron chi connectivity index (χ0n) is 7.00. The average molecular weight is 193 g/mol. The minimum absolute atomic E-state index is 0.465. The van der Waals surface area contributed by atoms with Crippen LogP contribution < -0.4 is 5.73 Å². The predicted octanol–water partition coefficient (Wildman–Crippen LogP) is 2.18. The van der Waals surface area contributed by atoms with Gasteiger partial charge in [-0.1, -0.05) is 23.8 Å². The lowest BCUT2D eigenvalue weighted by Gasteiger charge is -1.97. The lowest BCUT2D eigenvalue weighted by Crippen LogP contribution is -1.92. The maximum Gasteiger partial charge on any atom is 0.0991 e. The molecule has 2 nitrogen and oxygen atoms in total. The highest BCUT2D eigenvalue weighted by Crippen LogP contribution is 2.18. The van der Waals surface area contributed by atoms with Crippen LogP contribution in [0.1, 0.15) is 11.1 Å². The minimum atomic E-state index is 0.465. The molecule has 2 N–H and O–H groups in total. The van der Waals surface area contributed by atoms with Crippen molar-refractivity contribution >= 4 is 17.7 Å². The molecular weight excluding hydrogens is 184 g/mol. The zero-order valence-corrected chi connectivity index (χ0v) is 7.75. The SMILES string of the molecule is N#Cc1ccc(Cl)c(C=CCN)c1. The van der Waals surface area contributed by atoms with E-state index in [-0.39, 0.29) is 0 Å². The van der Waals surface area contributed by atoms with E-state index in [1.807, 2.05) is 12.1 Å². The molecule has 0 amide bonds. The molecule has 0 heterocycles. The van der Waals surface area contributed by atoms with Crippen molar-refractivity contribution in [1.82, 2.24) is 0 Å². The van der Waals surface area contributed by atoms with Gasteiger partial charge in [0.05, 0.1) is 11.6 Å². The lowest BCUT2D eigenvalue weighted by molar-refractivity contribution is 1.26. The summed E-state index contributed by atoms with van der Waals surface area (Å²) < 4.78 is 0. The Morgan fingerprint density at radius 3 is 2.92 bits per heavy atom. The third-order valence-corrected chi connectivity index (χ3v) is 1.90. The Morgan fingerprint density at radius 1 is 1.54 bits per heavy atom. The smallest absolute Gasteiger partial charge is 0.0991 e. The van der Waals surface area contributed by atoms with Crippen molar-refractivity contribution in [3.05, 3.63) is 40.4 Å². The Kier molecular flexibility index (Phi) is 3.51. The minimum Gasteiger partial charge on any atom is -0.327 e. The molecule has 0 unspecified atom stereocenters. The van der Waals surface area contributed by atoms with E-state index in [9.17, 15) is 0 Å². The van der Waals surface area contributed by atoms with E-state index in [2.05, 4.69) is 0 Å². The second-order valence-electron chi connectivity index (χ2n) is 2.49. The van der Waals surface area contributed by atoms with Crippen LogP contribution in [0.25, 0.3) is 6.08 Å². The second kappa shape index (κ2) is 4.66. The van der Waals surface area contributed by atoms with Gasteiger partial charge in [0.25, 0.3) is 0 Å². The van der Waals surface area contributed by atoms with Gasteiger partial charge >= 0.3 is 0 Å². The van der Waals surface area contributed by atoms with E-state index in [4.69, 9.17) is 22.6 Å². The molecule has 0 atom stereocenters. The summed E-state index contributed by atoms with van der Waals surface area (Å²) in [6.07, 6.45) is 3.60. The quantitative estimate of drug-likeness (QED) is 0.781. The summed E-state index contributed by atoms with van der Waals surface area (Å²) in [6, 6.07) is 7.17. The molecule has 0 fully saturated rings. The van der Waals surface area contributed by atoms with Gasteiger partial charge in [-0.3, -0.25) is 0 Å². The van der Waals surface area contributed by atoms with Crippen LogP contribution in [0.3, 0.4) is 0 Å². The van der Waals surface area contributed by atoms with Gasteiger partial charge in [-0.2, -0.15) is 5.26 Å². The van der Waals surface area contributed by atoms with Crippen LogP contribution in [0.5, 0.6) is 0 Å². The van der Waals surface area contributed by atoms with Crippen LogP contribution in [0, 0.1) is 11.3 Å². The molecule has 0 aliphatic carbocycles. The first-order chi connectivity index (χ1) is 6.27. The maximum absolute atomic E-state index is 8.64. The number of nitriles is 1.